The first-order chi connectivity index (χ1) is 10.4. The normalized spacial score (nSPS) is 14.0. The average molecular weight is 323 g/mol. The van der Waals surface area contributed by atoms with Gasteiger partial charge in [-0.3, -0.25) is 0 Å². The highest BCUT2D eigenvalue weighted by Crippen LogP contribution is 2.25. The van der Waals surface area contributed by atoms with Gasteiger partial charge in [0.25, 0.3) is 0 Å². The number of hydrogen-bond donors (Lipinski definition) is 2. The molecule has 0 aliphatic rings. The SMILES string of the molecule is Cc1cc(C)c(OCC(O)C[NH2+]C(C)(C)CC(C)(C)C)c(C)c1. The predicted molar refractivity (Wildman–Crippen MR) is 97.1 cm³/mol. The Balaban J connectivity index is 2.51. The maximum atomic E-state index is 10.3. The summed E-state index contributed by atoms with van der Waals surface area (Å²) in [6.07, 6.45) is 0.637. The lowest BCUT2D eigenvalue weighted by atomic mass is 9.82. The molecular formula is C20H36NO2+. The van der Waals surface area contributed by atoms with Crippen molar-refractivity contribution in [2.45, 2.75) is 73.5 Å². The number of benzene rings is 1. The fourth-order valence-electron chi connectivity index (χ4n) is 3.54. The highest BCUT2D eigenvalue weighted by molar-refractivity contribution is 5.42. The molecule has 132 valence electrons. The van der Waals surface area contributed by atoms with Crippen molar-refractivity contribution in [3.05, 3.63) is 28.8 Å². The van der Waals surface area contributed by atoms with E-state index in [2.05, 4.69) is 72.8 Å². The lowest BCUT2D eigenvalue weighted by Crippen LogP contribution is -2.97. The molecule has 23 heavy (non-hydrogen) atoms. The molecule has 1 aromatic rings. The van der Waals surface area contributed by atoms with Gasteiger partial charge in [0.2, 0.25) is 0 Å². The first kappa shape index (κ1) is 20.0. The first-order valence-electron chi connectivity index (χ1n) is 8.63. The van der Waals surface area contributed by atoms with Gasteiger partial charge in [-0.1, -0.05) is 38.5 Å². The zero-order chi connectivity index (χ0) is 17.8. The number of aryl methyl sites for hydroxylation is 3. The minimum atomic E-state index is -0.464. The van der Waals surface area contributed by atoms with E-state index in [1.807, 2.05) is 0 Å². The van der Waals surface area contributed by atoms with Gasteiger partial charge in [-0.2, -0.15) is 0 Å². The molecule has 0 radical (unpaired) electrons. The third-order valence-electron chi connectivity index (χ3n) is 3.95. The molecule has 0 aromatic heterocycles. The molecule has 0 spiro atoms. The van der Waals surface area contributed by atoms with Gasteiger partial charge in [0.05, 0.1) is 5.54 Å². The van der Waals surface area contributed by atoms with Crippen LogP contribution in [0.5, 0.6) is 5.75 Å². The van der Waals surface area contributed by atoms with Crippen molar-refractivity contribution in [2.24, 2.45) is 5.41 Å². The van der Waals surface area contributed by atoms with E-state index in [0.29, 0.717) is 13.2 Å². The minimum Gasteiger partial charge on any atom is -0.490 e. The van der Waals surface area contributed by atoms with Crippen molar-refractivity contribution in [2.75, 3.05) is 13.2 Å². The minimum absolute atomic E-state index is 0.120. The Labute approximate surface area is 142 Å². The summed E-state index contributed by atoms with van der Waals surface area (Å²) in [5, 5.41) is 12.5. The van der Waals surface area contributed by atoms with Crippen molar-refractivity contribution < 1.29 is 15.2 Å². The van der Waals surface area contributed by atoms with Gasteiger partial charge < -0.3 is 15.2 Å². The molecule has 1 aromatic carbocycles. The number of rotatable bonds is 7. The van der Waals surface area contributed by atoms with Crippen LogP contribution in [0.4, 0.5) is 0 Å². The molecule has 3 nitrogen and oxygen atoms in total. The fourth-order valence-corrected chi connectivity index (χ4v) is 3.54. The van der Waals surface area contributed by atoms with Crippen LogP contribution >= 0.6 is 0 Å². The molecule has 0 saturated carbocycles. The van der Waals surface area contributed by atoms with Gasteiger partial charge in [-0.15, -0.1) is 0 Å². The van der Waals surface area contributed by atoms with E-state index < -0.39 is 6.10 Å². The van der Waals surface area contributed by atoms with E-state index in [-0.39, 0.29) is 11.0 Å². The highest BCUT2D eigenvalue weighted by Gasteiger charge is 2.29. The molecule has 0 saturated heterocycles. The van der Waals surface area contributed by atoms with Gasteiger partial charge in [0.1, 0.15) is 25.0 Å². The number of nitrogens with two attached hydrogens (primary N) is 1. The maximum absolute atomic E-state index is 10.3. The average Bonchev–Trinajstić information content (AvgIpc) is 2.32. The van der Waals surface area contributed by atoms with E-state index in [1.54, 1.807) is 0 Å². The predicted octanol–water partition coefficient (Wildman–Crippen LogP) is 3.13. The first-order valence-corrected chi connectivity index (χ1v) is 8.63. The standard InChI is InChI=1S/C20H35NO2/c1-14-9-15(2)18(16(3)10-14)23-12-17(22)11-21-20(7,8)13-19(4,5)6/h9-10,17,21-22H,11-13H2,1-8H3/p+1. The monoisotopic (exact) mass is 322 g/mol. The van der Waals surface area contributed by atoms with Crippen LogP contribution in [0.25, 0.3) is 0 Å². The van der Waals surface area contributed by atoms with Gasteiger partial charge in [-0.25, -0.2) is 0 Å². The van der Waals surface area contributed by atoms with Crippen LogP contribution in [-0.2, 0) is 0 Å². The summed E-state index contributed by atoms with van der Waals surface area (Å²) >= 11 is 0. The molecule has 1 unspecified atom stereocenters. The van der Waals surface area contributed by atoms with Gasteiger partial charge >= 0.3 is 0 Å². The Morgan fingerprint density at radius 2 is 1.57 bits per heavy atom. The third kappa shape index (κ3) is 7.36. The number of aliphatic hydroxyl groups excluding tert-OH is 1. The number of hydrogen-bond acceptors (Lipinski definition) is 2. The van der Waals surface area contributed by atoms with Crippen molar-refractivity contribution in [3.63, 3.8) is 0 Å². The van der Waals surface area contributed by atoms with Crippen molar-refractivity contribution in [1.82, 2.24) is 0 Å². The smallest absolute Gasteiger partial charge is 0.137 e. The third-order valence-corrected chi connectivity index (χ3v) is 3.95. The summed E-state index contributed by atoms with van der Waals surface area (Å²) in [6, 6.07) is 4.24. The quantitative estimate of drug-likeness (QED) is 0.810. The summed E-state index contributed by atoms with van der Waals surface area (Å²) in [5.41, 5.74) is 3.91. The summed E-state index contributed by atoms with van der Waals surface area (Å²) in [6.45, 7) is 18.4. The van der Waals surface area contributed by atoms with Crippen molar-refractivity contribution in [3.8, 4) is 5.75 Å². The Bertz CT molecular complexity index is 492. The Morgan fingerprint density at radius 1 is 1.04 bits per heavy atom. The highest BCUT2D eigenvalue weighted by atomic mass is 16.5. The topological polar surface area (TPSA) is 46.1 Å². The van der Waals surface area contributed by atoms with E-state index >= 15 is 0 Å². The zero-order valence-electron chi connectivity index (χ0n) is 16.3. The van der Waals surface area contributed by atoms with Gasteiger partial charge in [0.15, 0.2) is 0 Å². The zero-order valence-corrected chi connectivity index (χ0v) is 16.3. The van der Waals surface area contributed by atoms with Crippen molar-refractivity contribution >= 4 is 0 Å². The molecular weight excluding hydrogens is 286 g/mol. The molecule has 1 atom stereocenters. The lowest BCUT2D eigenvalue weighted by molar-refractivity contribution is -0.727. The van der Waals surface area contributed by atoms with Crippen LogP contribution < -0.4 is 10.1 Å². The molecule has 0 aliphatic carbocycles. The fraction of sp³-hybridized carbons (Fsp3) is 0.700. The number of quaternary nitrogens is 1. The molecule has 1 rings (SSSR count). The summed E-state index contributed by atoms with van der Waals surface area (Å²) < 4.78 is 5.88. The molecule has 3 N–H and O–H groups in total. The van der Waals surface area contributed by atoms with E-state index in [9.17, 15) is 5.11 Å². The maximum Gasteiger partial charge on any atom is 0.137 e. The molecule has 3 heteroatoms. The summed E-state index contributed by atoms with van der Waals surface area (Å²) in [7, 11) is 0. The summed E-state index contributed by atoms with van der Waals surface area (Å²) in [4.78, 5) is 0. The summed E-state index contributed by atoms with van der Waals surface area (Å²) in [5.74, 6) is 0.906. The van der Waals surface area contributed by atoms with Gasteiger partial charge in [-0.05, 0) is 51.2 Å². The van der Waals surface area contributed by atoms with Crippen LogP contribution in [0.3, 0.4) is 0 Å². The molecule has 0 aliphatic heterocycles. The molecule has 0 amide bonds. The van der Waals surface area contributed by atoms with E-state index in [4.69, 9.17) is 4.74 Å². The second-order valence-corrected chi connectivity index (χ2v) is 8.86. The largest absolute Gasteiger partial charge is 0.490 e. The molecule has 0 heterocycles. The van der Waals surface area contributed by atoms with Crippen LogP contribution in [0.1, 0.15) is 57.7 Å². The second kappa shape index (κ2) is 7.67. The Kier molecular flexibility index (Phi) is 6.67. The Morgan fingerprint density at radius 3 is 2.04 bits per heavy atom. The molecule has 0 bridgehead atoms. The van der Waals surface area contributed by atoms with E-state index in [0.717, 1.165) is 23.3 Å². The lowest BCUT2D eigenvalue weighted by Gasteiger charge is -2.31. The van der Waals surface area contributed by atoms with E-state index in [1.165, 1.54) is 5.56 Å². The van der Waals surface area contributed by atoms with Crippen LogP contribution in [0.2, 0.25) is 0 Å². The van der Waals surface area contributed by atoms with Crippen LogP contribution in [0.15, 0.2) is 12.1 Å². The number of aliphatic hydroxyl groups is 1. The number of ether oxygens (including phenoxy) is 1. The van der Waals surface area contributed by atoms with Gasteiger partial charge in [0, 0.05) is 6.42 Å². The van der Waals surface area contributed by atoms with Crippen molar-refractivity contribution in [1.29, 1.82) is 0 Å². The molecule has 0 fully saturated rings. The van der Waals surface area contributed by atoms with Crippen LogP contribution in [0, 0.1) is 26.2 Å². The Hall–Kier alpha value is -1.06. The second-order valence-electron chi connectivity index (χ2n) is 8.86. The van der Waals surface area contributed by atoms with Crippen LogP contribution in [-0.4, -0.2) is 29.9 Å².